The van der Waals surface area contributed by atoms with Crippen LogP contribution in [0.5, 0.6) is 11.5 Å². The Hall–Kier alpha value is -2.49. The summed E-state index contributed by atoms with van der Waals surface area (Å²) in [5.74, 6) is 1.41. The normalized spacial score (nSPS) is 12.8. The van der Waals surface area contributed by atoms with E-state index >= 15 is 0 Å². The lowest BCUT2D eigenvalue weighted by atomic mass is 10.1. The van der Waals surface area contributed by atoms with Crippen LogP contribution in [-0.4, -0.2) is 19.1 Å². The van der Waals surface area contributed by atoms with E-state index in [1.165, 1.54) is 5.56 Å². The molecule has 0 unspecified atom stereocenters. The van der Waals surface area contributed by atoms with Crippen molar-refractivity contribution in [2.75, 3.05) is 18.5 Å². The third kappa shape index (κ3) is 3.22. The van der Waals surface area contributed by atoms with Gasteiger partial charge in [-0.3, -0.25) is 4.79 Å². The second kappa shape index (κ2) is 6.10. The third-order valence-corrected chi connectivity index (χ3v) is 3.63. The molecule has 0 fully saturated rings. The Balaban J connectivity index is 1.69. The molecule has 2 aromatic rings. The van der Waals surface area contributed by atoms with Crippen molar-refractivity contribution in [3.8, 4) is 11.5 Å². The second-order valence-corrected chi connectivity index (χ2v) is 5.52. The fourth-order valence-electron chi connectivity index (χ4n) is 2.53. The summed E-state index contributed by atoms with van der Waals surface area (Å²) in [4.78, 5) is 12.2. The van der Waals surface area contributed by atoms with Gasteiger partial charge in [-0.1, -0.05) is 23.8 Å². The van der Waals surface area contributed by atoms with Gasteiger partial charge in [0.25, 0.3) is 0 Å². The van der Waals surface area contributed by atoms with Crippen molar-refractivity contribution in [3.05, 3.63) is 53.1 Å². The fourth-order valence-corrected chi connectivity index (χ4v) is 2.53. The molecule has 4 heteroatoms. The highest BCUT2D eigenvalue weighted by Crippen LogP contribution is 2.31. The van der Waals surface area contributed by atoms with E-state index in [-0.39, 0.29) is 5.91 Å². The number of ether oxygens (including phenoxy) is 2. The Morgan fingerprint density at radius 2 is 1.82 bits per heavy atom. The molecule has 1 N–H and O–H groups in total. The van der Waals surface area contributed by atoms with Crippen LogP contribution in [0.2, 0.25) is 0 Å². The average molecular weight is 297 g/mol. The summed E-state index contributed by atoms with van der Waals surface area (Å²) < 4.78 is 11.0. The molecule has 0 bridgehead atoms. The molecule has 1 aliphatic heterocycles. The van der Waals surface area contributed by atoms with E-state index in [0.717, 1.165) is 22.6 Å². The number of amides is 1. The minimum Gasteiger partial charge on any atom is -0.486 e. The molecule has 0 saturated heterocycles. The standard InChI is InChI=1S/C18H19NO3/c1-12-3-5-15(13(2)9-12)19-18(20)11-14-4-6-16-17(10-14)22-8-7-21-16/h3-6,9-10H,7-8,11H2,1-2H3,(H,19,20). The van der Waals surface area contributed by atoms with Crippen molar-refractivity contribution in [1.29, 1.82) is 0 Å². The van der Waals surface area contributed by atoms with Crippen LogP contribution >= 0.6 is 0 Å². The lowest BCUT2D eigenvalue weighted by molar-refractivity contribution is -0.115. The molecular weight excluding hydrogens is 278 g/mol. The SMILES string of the molecule is Cc1ccc(NC(=O)Cc2ccc3c(c2)OCCO3)c(C)c1. The van der Waals surface area contributed by atoms with E-state index < -0.39 is 0 Å². The maximum atomic E-state index is 12.2. The van der Waals surface area contributed by atoms with E-state index in [1.807, 2.05) is 44.2 Å². The number of hydrogen-bond donors (Lipinski definition) is 1. The molecule has 0 radical (unpaired) electrons. The zero-order valence-corrected chi connectivity index (χ0v) is 12.8. The van der Waals surface area contributed by atoms with Crippen LogP contribution in [0.3, 0.4) is 0 Å². The van der Waals surface area contributed by atoms with Crippen LogP contribution in [0.1, 0.15) is 16.7 Å². The van der Waals surface area contributed by atoms with E-state index in [2.05, 4.69) is 11.4 Å². The Bertz CT molecular complexity index is 709. The number of aryl methyl sites for hydroxylation is 2. The third-order valence-electron chi connectivity index (χ3n) is 3.63. The summed E-state index contributed by atoms with van der Waals surface area (Å²) in [5, 5.41) is 2.95. The van der Waals surface area contributed by atoms with Gasteiger partial charge in [0.1, 0.15) is 13.2 Å². The van der Waals surface area contributed by atoms with Gasteiger partial charge >= 0.3 is 0 Å². The molecule has 0 aliphatic carbocycles. The van der Waals surface area contributed by atoms with Gasteiger partial charge in [0, 0.05) is 5.69 Å². The zero-order chi connectivity index (χ0) is 15.5. The van der Waals surface area contributed by atoms with Gasteiger partial charge in [-0.05, 0) is 43.2 Å². The first-order valence-corrected chi connectivity index (χ1v) is 7.37. The van der Waals surface area contributed by atoms with Crippen molar-refractivity contribution in [3.63, 3.8) is 0 Å². The summed E-state index contributed by atoms with van der Waals surface area (Å²) in [6.07, 6.45) is 0.309. The number of rotatable bonds is 3. The van der Waals surface area contributed by atoms with Gasteiger partial charge in [-0.2, -0.15) is 0 Å². The largest absolute Gasteiger partial charge is 0.486 e. The monoisotopic (exact) mass is 297 g/mol. The Morgan fingerprint density at radius 1 is 1.05 bits per heavy atom. The molecule has 2 aromatic carbocycles. The first-order chi connectivity index (χ1) is 10.6. The highest BCUT2D eigenvalue weighted by atomic mass is 16.6. The molecular formula is C18H19NO3. The molecule has 3 rings (SSSR count). The zero-order valence-electron chi connectivity index (χ0n) is 12.8. The number of carbonyl (C=O) groups is 1. The maximum absolute atomic E-state index is 12.2. The van der Waals surface area contributed by atoms with Crippen LogP contribution in [0.25, 0.3) is 0 Å². The summed E-state index contributed by atoms with van der Waals surface area (Å²) >= 11 is 0. The minimum atomic E-state index is -0.0383. The molecule has 1 heterocycles. The first kappa shape index (κ1) is 14.4. The molecule has 4 nitrogen and oxygen atoms in total. The van der Waals surface area contributed by atoms with Crippen molar-refractivity contribution < 1.29 is 14.3 Å². The molecule has 1 amide bonds. The Morgan fingerprint density at radius 3 is 2.59 bits per heavy atom. The molecule has 114 valence electrons. The van der Waals surface area contributed by atoms with Crippen LogP contribution in [0, 0.1) is 13.8 Å². The molecule has 0 atom stereocenters. The molecule has 0 aromatic heterocycles. The molecule has 1 aliphatic rings. The van der Waals surface area contributed by atoms with Gasteiger partial charge in [0.15, 0.2) is 11.5 Å². The van der Waals surface area contributed by atoms with Crippen LogP contribution in [-0.2, 0) is 11.2 Å². The summed E-state index contributed by atoms with van der Waals surface area (Å²) in [6.45, 7) is 5.14. The minimum absolute atomic E-state index is 0.0383. The highest BCUT2D eigenvalue weighted by molar-refractivity contribution is 5.93. The topological polar surface area (TPSA) is 47.6 Å². The van der Waals surface area contributed by atoms with Crippen molar-refractivity contribution in [2.45, 2.75) is 20.3 Å². The van der Waals surface area contributed by atoms with Crippen LogP contribution in [0.15, 0.2) is 36.4 Å². The van der Waals surface area contributed by atoms with Gasteiger partial charge in [-0.25, -0.2) is 0 Å². The fraction of sp³-hybridized carbons (Fsp3) is 0.278. The molecule has 22 heavy (non-hydrogen) atoms. The van der Waals surface area contributed by atoms with E-state index in [9.17, 15) is 4.79 Å². The van der Waals surface area contributed by atoms with Crippen molar-refractivity contribution in [2.24, 2.45) is 0 Å². The number of nitrogens with one attached hydrogen (secondary N) is 1. The maximum Gasteiger partial charge on any atom is 0.228 e. The first-order valence-electron chi connectivity index (χ1n) is 7.37. The van der Waals surface area contributed by atoms with Gasteiger partial charge in [0.2, 0.25) is 5.91 Å². The highest BCUT2D eigenvalue weighted by Gasteiger charge is 2.13. The number of anilines is 1. The number of fused-ring (bicyclic) bond motifs is 1. The molecule has 0 saturated carbocycles. The smallest absolute Gasteiger partial charge is 0.228 e. The quantitative estimate of drug-likeness (QED) is 0.946. The average Bonchev–Trinajstić information content (AvgIpc) is 2.50. The van der Waals surface area contributed by atoms with Gasteiger partial charge < -0.3 is 14.8 Å². The van der Waals surface area contributed by atoms with E-state index in [4.69, 9.17) is 9.47 Å². The summed E-state index contributed by atoms with van der Waals surface area (Å²) in [6, 6.07) is 11.6. The predicted molar refractivity (Wildman–Crippen MR) is 85.7 cm³/mol. The van der Waals surface area contributed by atoms with Crippen LogP contribution in [0.4, 0.5) is 5.69 Å². The summed E-state index contributed by atoms with van der Waals surface area (Å²) in [5.41, 5.74) is 4.01. The Kier molecular flexibility index (Phi) is 4.00. The number of benzene rings is 2. The van der Waals surface area contributed by atoms with E-state index in [1.54, 1.807) is 0 Å². The predicted octanol–water partition coefficient (Wildman–Crippen LogP) is 3.26. The summed E-state index contributed by atoms with van der Waals surface area (Å²) in [7, 11) is 0. The number of carbonyl (C=O) groups excluding carboxylic acids is 1. The lowest BCUT2D eigenvalue weighted by Gasteiger charge is -2.18. The second-order valence-electron chi connectivity index (χ2n) is 5.52. The van der Waals surface area contributed by atoms with Crippen molar-refractivity contribution >= 4 is 11.6 Å². The van der Waals surface area contributed by atoms with Crippen LogP contribution < -0.4 is 14.8 Å². The van der Waals surface area contributed by atoms with Gasteiger partial charge in [-0.15, -0.1) is 0 Å². The number of hydrogen-bond acceptors (Lipinski definition) is 3. The Labute approximate surface area is 130 Å². The molecule has 0 spiro atoms. The lowest BCUT2D eigenvalue weighted by Crippen LogP contribution is -2.17. The van der Waals surface area contributed by atoms with E-state index in [0.29, 0.717) is 25.4 Å². The van der Waals surface area contributed by atoms with Gasteiger partial charge in [0.05, 0.1) is 6.42 Å². The van der Waals surface area contributed by atoms with Crippen molar-refractivity contribution in [1.82, 2.24) is 0 Å².